The van der Waals surface area contributed by atoms with Crippen LogP contribution in [0.4, 0.5) is 0 Å². The number of ether oxygens (including phenoxy) is 1. The molecule has 2 heterocycles. The van der Waals surface area contributed by atoms with E-state index in [2.05, 4.69) is 15.9 Å². The second-order valence-corrected chi connectivity index (χ2v) is 8.75. The Kier molecular flexibility index (Phi) is 6.08. The fourth-order valence-electron chi connectivity index (χ4n) is 3.86. The van der Waals surface area contributed by atoms with Gasteiger partial charge < -0.3 is 24.1 Å². The van der Waals surface area contributed by atoms with Gasteiger partial charge in [0.25, 0.3) is 5.91 Å². The fraction of sp³-hybridized carbons (Fsp3) is 0.250. The highest BCUT2D eigenvalue weighted by Crippen LogP contribution is 2.40. The Bertz CT molecular complexity index is 1210. The SMILES string of the molecule is COc1cccc2cc(C(=O)C3=C(O)C(=O)N(CCN(C)C)[C@@H]3c3ccc(Br)cc3)oc12. The second kappa shape index (κ2) is 8.80. The molecule has 0 aliphatic carbocycles. The molecule has 8 heteroatoms. The number of ketones is 1. The van der Waals surface area contributed by atoms with Gasteiger partial charge in [0.15, 0.2) is 22.9 Å². The largest absolute Gasteiger partial charge is 0.503 e. The number of likely N-dealkylation sites (N-methyl/N-ethyl adjacent to an activating group) is 1. The molecule has 2 aromatic carbocycles. The van der Waals surface area contributed by atoms with Crippen LogP contribution in [0.1, 0.15) is 22.2 Å². The molecule has 0 unspecified atom stereocenters. The van der Waals surface area contributed by atoms with Gasteiger partial charge in [0.1, 0.15) is 0 Å². The van der Waals surface area contributed by atoms with Crippen molar-refractivity contribution >= 4 is 38.6 Å². The Hall–Kier alpha value is -3.10. The number of hydrogen-bond donors (Lipinski definition) is 1. The predicted molar refractivity (Wildman–Crippen MR) is 124 cm³/mol. The summed E-state index contributed by atoms with van der Waals surface area (Å²) in [7, 11) is 5.32. The molecule has 1 aliphatic heterocycles. The van der Waals surface area contributed by atoms with Crippen LogP contribution in [0.15, 0.2) is 68.8 Å². The van der Waals surface area contributed by atoms with Crippen molar-refractivity contribution in [2.24, 2.45) is 0 Å². The Morgan fingerprint density at radius 1 is 1.22 bits per heavy atom. The Balaban J connectivity index is 1.79. The first-order chi connectivity index (χ1) is 15.3. The molecule has 0 saturated heterocycles. The van der Waals surface area contributed by atoms with Crippen LogP contribution >= 0.6 is 15.9 Å². The van der Waals surface area contributed by atoms with Crippen LogP contribution < -0.4 is 4.74 Å². The van der Waals surface area contributed by atoms with Gasteiger partial charge in [-0.05, 0) is 43.9 Å². The minimum atomic E-state index is -0.724. The van der Waals surface area contributed by atoms with Crippen molar-refractivity contribution in [3.8, 4) is 5.75 Å². The van der Waals surface area contributed by atoms with Crippen LogP contribution in [0.3, 0.4) is 0 Å². The lowest BCUT2D eigenvalue weighted by Gasteiger charge is -2.27. The molecule has 4 rings (SSSR count). The Morgan fingerprint density at radius 3 is 2.59 bits per heavy atom. The molecule has 1 aliphatic rings. The van der Waals surface area contributed by atoms with E-state index in [1.807, 2.05) is 49.3 Å². The number of halogens is 1. The van der Waals surface area contributed by atoms with E-state index in [0.29, 0.717) is 29.8 Å². The molecular weight excluding hydrogens is 476 g/mol. The maximum atomic E-state index is 13.6. The molecule has 0 spiro atoms. The third-order valence-corrected chi connectivity index (χ3v) is 6.00. The van der Waals surface area contributed by atoms with Crippen molar-refractivity contribution in [3.63, 3.8) is 0 Å². The highest BCUT2D eigenvalue weighted by molar-refractivity contribution is 9.10. The molecule has 0 fully saturated rings. The maximum Gasteiger partial charge on any atom is 0.290 e. The summed E-state index contributed by atoms with van der Waals surface area (Å²) in [5.74, 6) is -1.12. The number of nitrogens with zero attached hydrogens (tertiary/aromatic N) is 2. The molecular formula is C24H23BrN2O5. The van der Waals surface area contributed by atoms with Gasteiger partial charge in [-0.2, -0.15) is 0 Å². The molecule has 0 saturated carbocycles. The summed E-state index contributed by atoms with van der Waals surface area (Å²) >= 11 is 3.41. The van der Waals surface area contributed by atoms with Crippen LogP contribution in [-0.4, -0.2) is 60.9 Å². The molecule has 1 amide bonds. The van der Waals surface area contributed by atoms with Gasteiger partial charge in [-0.25, -0.2) is 0 Å². The van der Waals surface area contributed by atoms with Crippen molar-refractivity contribution in [1.82, 2.24) is 9.80 Å². The van der Waals surface area contributed by atoms with Crippen LogP contribution in [0.2, 0.25) is 0 Å². The number of carbonyl (C=O) groups excluding carboxylic acids is 2. The maximum absolute atomic E-state index is 13.6. The van der Waals surface area contributed by atoms with Gasteiger partial charge in [0.05, 0.1) is 18.7 Å². The molecule has 0 radical (unpaired) electrons. The molecule has 3 aromatic rings. The minimum absolute atomic E-state index is 0.00843. The van der Waals surface area contributed by atoms with Crippen LogP contribution in [0, 0.1) is 0 Å². The summed E-state index contributed by atoms with van der Waals surface area (Å²) in [5, 5.41) is 11.5. The average molecular weight is 499 g/mol. The van der Waals surface area contributed by atoms with Gasteiger partial charge in [-0.1, -0.05) is 40.2 Å². The highest BCUT2D eigenvalue weighted by atomic mass is 79.9. The van der Waals surface area contributed by atoms with Gasteiger partial charge in [-0.3, -0.25) is 9.59 Å². The molecule has 1 aromatic heterocycles. The Labute approximate surface area is 194 Å². The van der Waals surface area contributed by atoms with E-state index in [0.717, 1.165) is 10.0 Å². The number of para-hydroxylation sites is 1. The number of amides is 1. The van der Waals surface area contributed by atoms with E-state index in [1.54, 1.807) is 18.2 Å². The van der Waals surface area contributed by atoms with Crippen molar-refractivity contribution < 1.29 is 23.8 Å². The van der Waals surface area contributed by atoms with Crippen molar-refractivity contribution in [1.29, 1.82) is 0 Å². The first kappa shape index (κ1) is 22.1. The minimum Gasteiger partial charge on any atom is -0.503 e. The smallest absolute Gasteiger partial charge is 0.290 e. The third kappa shape index (κ3) is 3.91. The summed E-state index contributed by atoms with van der Waals surface area (Å²) in [6.45, 7) is 0.927. The van der Waals surface area contributed by atoms with Gasteiger partial charge >= 0.3 is 0 Å². The zero-order valence-corrected chi connectivity index (χ0v) is 19.5. The summed E-state index contributed by atoms with van der Waals surface area (Å²) in [4.78, 5) is 30.0. The lowest BCUT2D eigenvalue weighted by Crippen LogP contribution is -2.36. The first-order valence-corrected chi connectivity index (χ1v) is 10.9. The summed E-state index contributed by atoms with van der Waals surface area (Å²) in [6.07, 6.45) is 0. The third-order valence-electron chi connectivity index (χ3n) is 5.47. The molecule has 1 N–H and O–H groups in total. The number of methoxy groups -OCH3 is 1. The number of Topliss-reactive ketones (excluding diaryl/α,β-unsaturated/α-hetero) is 1. The molecule has 0 bridgehead atoms. The summed E-state index contributed by atoms with van der Waals surface area (Å²) in [5.41, 5.74) is 1.17. The molecule has 7 nitrogen and oxygen atoms in total. The Morgan fingerprint density at radius 2 is 1.94 bits per heavy atom. The predicted octanol–water partition coefficient (Wildman–Crippen LogP) is 4.34. The van der Waals surface area contributed by atoms with Crippen LogP contribution in [0.25, 0.3) is 11.0 Å². The zero-order chi connectivity index (χ0) is 23.0. The number of rotatable bonds is 7. The molecule has 1 atom stereocenters. The standard InChI is InChI=1S/C24H23BrN2O5/c1-26(2)11-12-27-20(14-7-9-16(25)10-8-14)19(22(29)24(27)30)21(28)18-13-15-5-4-6-17(31-3)23(15)32-18/h4-10,13,20,29H,11-12H2,1-3H3/t20-/m1/s1. The lowest BCUT2D eigenvalue weighted by molar-refractivity contribution is -0.129. The normalized spacial score (nSPS) is 16.5. The summed E-state index contributed by atoms with van der Waals surface area (Å²) < 4.78 is 12.0. The fourth-order valence-corrected chi connectivity index (χ4v) is 4.12. The van der Waals surface area contributed by atoms with Crippen LogP contribution in [-0.2, 0) is 4.79 Å². The molecule has 166 valence electrons. The van der Waals surface area contributed by atoms with Crippen LogP contribution in [0.5, 0.6) is 5.75 Å². The number of carbonyl (C=O) groups is 2. The van der Waals surface area contributed by atoms with E-state index in [4.69, 9.17) is 9.15 Å². The monoisotopic (exact) mass is 498 g/mol. The number of benzene rings is 2. The average Bonchev–Trinajstić information content (AvgIpc) is 3.32. The van der Waals surface area contributed by atoms with E-state index in [9.17, 15) is 14.7 Å². The molecule has 32 heavy (non-hydrogen) atoms. The summed E-state index contributed by atoms with van der Waals surface area (Å²) in [6, 6.07) is 13.6. The number of hydrogen-bond acceptors (Lipinski definition) is 6. The van der Waals surface area contributed by atoms with Gasteiger partial charge in [-0.15, -0.1) is 0 Å². The number of furan rings is 1. The van der Waals surface area contributed by atoms with E-state index < -0.39 is 23.5 Å². The topological polar surface area (TPSA) is 83.2 Å². The quantitative estimate of drug-likeness (QED) is 0.487. The first-order valence-electron chi connectivity index (χ1n) is 10.1. The van der Waals surface area contributed by atoms with E-state index in [-0.39, 0.29) is 11.3 Å². The van der Waals surface area contributed by atoms with Crippen molar-refractivity contribution in [2.45, 2.75) is 6.04 Å². The second-order valence-electron chi connectivity index (χ2n) is 7.84. The van der Waals surface area contributed by atoms with Gasteiger partial charge in [0, 0.05) is 22.9 Å². The number of aliphatic hydroxyl groups excluding tert-OH is 1. The van der Waals surface area contributed by atoms with E-state index in [1.165, 1.54) is 12.0 Å². The van der Waals surface area contributed by atoms with Crippen molar-refractivity contribution in [3.05, 3.63) is 75.7 Å². The number of fused-ring (bicyclic) bond motifs is 1. The van der Waals surface area contributed by atoms with E-state index >= 15 is 0 Å². The van der Waals surface area contributed by atoms with Crippen molar-refractivity contribution in [2.75, 3.05) is 34.3 Å². The zero-order valence-electron chi connectivity index (χ0n) is 18.0. The lowest BCUT2D eigenvalue weighted by atomic mass is 9.95. The number of aliphatic hydroxyl groups is 1. The van der Waals surface area contributed by atoms with Gasteiger partial charge in [0.2, 0.25) is 5.78 Å². The highest BCUT2D eigenvalue weighted by Gasteiger charge is 2.44.